The third kappa shape index (κ3) is 2.77. The highest BCUT2D eigenvalue weighted by Crippen LogP contribution is 2.23. The summed E-state index contributed by atoms with van der Waals surface area (Å²) in [6.07, 6.45) is 0. The first-order chi connectivity index (χ1) is 10.8. The molecule has 0 aliphatic carbocycles. The second-order valence-corrected chi connectivity index (χ2v) is 7.73. The lowest BCUT2D eigenvalue weighted by molar-refractivity contribution is 0.589. The molecule has 120 valence electrons. The molecule has 0 atom stereocenters. The van der Waals surface area contributed by atoms with Crippen molar-refractivity contribution in [2.24, 2.45) is 7.05 Å². The average molecular weight is 328 g/mol. The van der Waals surface area contributed by atoms with Crippen molar-refractivity contribution in [3.05, 3.63) is 67.7 Å². The van der Waals surface area contributed by atoms with Crippen molar-refractivity contribution in [2.75, 3.05) is 0 Å². The molecule has 23 heavy (non-hydrogen) atoms. The predicted octanol–water partition coefficient (Wildman–Crippen LogP) is 3.11. The van der Waals surface area contributed by atoms with Crippen LogP contribution in [0, 0.1) is 0 Å². The maximum absolute atomic E-state index is 12.5. The van der Waals surface area contributed by atoms with Gasteiger partial charge in [-0.3, -0.25) is 13.9 Å². The fraction of sp³-hybridized carbons (Fsp3) is 0.333. The van der Waals surface area contributed by atoms with E-state index in [2.05, 4.69) is 45.0 Å². The first-order valence-electron chi connectivity index (χ1n) is 7.55. The molecule has 3 aromatic rings. The summed E-state index contributed by atoms with van der Waals surface area (Å²) < 4.78 is 3.47. The molecule has 0 aliphatic rings. The number of hydrogen-bond acceptors (Lipinski definition) is 3. The Morgan fingerprint density at radius 3 is 2.30 bits per heavy atom. The van der Waals surface area contributed by atoms with Crippen LogP contribution in [0.4, 0.5) is 0 Å². The number of fused-ring (bicyclic) bond motifs is 1. The van der Waals surface area contributed by atoms with E-state index >= 15 is 0 Å². The molecular weight excluding hydrogens is 308 g/mol. The summed E-state index contributed by atoms with van der Waals surface area (Å²) in [5.41, 5.74) is 2.62. The lowest BCUT2D eigenvalue weighted by Gasteiger charge is -2.19. The van der Waals surface area contributed by atoms with Crippen molar-refractivity contribution in [3.8, 4) is 0 Å². The first-order valence-corrected chi connectivity index (χ1v) is 8.43. The minimum absolute atomic E-state index is 0.104. The van der Waals surface area contributed by atoms with Gasteiger partial charge in [-0.15, -0.1) is 11.3 Å². The summed E-state index contributed by atoms with van der Waals surface area (Å²) in [6, 6.07) is 10.2. The quantitative estimate of drug-likeness (QED) is 0.725. The lowest BCUT2D eigenvalue weighted by atomic mass is 9.87. The molecule has 0 fully saturated rings. The summed E-state index contributed by atoms with van der Waals surface area (Å²) >= 11 is 1.37. The minimum atomic E-state index is -0.277. The second kappa shape index (κ2) is 5.49. The number of rotatable bonds is 2. The zero-order chi connectivity index (χ0) is 16.8. The Hall–Kier alpha value is -2.14. The van der Waals surface area contributed by atoms with Gasteiger partial charge >= 0.3 is 5.69 Å². The van der Waals surface area contributed by atoms with Crippen molar-refractivity contribution in [2.45, 2.75) is 32.7 Å². The van der Waals surface area contributed by atoms with Gasteiger partial charge in [-0.05, 0) is 28.0 Å². The molecule has 5 heteroatoms. The van der Waals surface area contributed by atoms with Crippen LogP contribution >= 0.6 is 11.3 Å². The molecular formula is C18H20N2O2S. The van der Waals surface area contributed by atoms with Crippen LogP contribution in [-0.2, 0) is 19.0 Å². The number of thiophene rings is 1. The van der Waals surface area contributed by atoms with Crippen LogP contribution in [0.3, 0.4) is 0 Å². The van der Waals surface area contributed by atoms with Gasteiger partial charge in [0.2, 0.25) is 0 Å². The molecule has 0 N–H and O–H groups in total. The second-order valence-electron chi connectivity index (χ2n) is 6.81. The van der Waals surface area contributed by atoms with Crippen LogP contribution in [-0.4, -0.2) is 9.13 Å². The molecule has 0 spiro atoms. The van der Waals surface area contributed by atoms with Crippen molar-refractivity contribution in [3.63, 3.8) is 0 Å². The van der Waals surface area contributed by atoms with Gasteiger partial charge in [-0.1, -0.05) is 45.0 Å². The summed E-state index contributed by atoms with van der Waals surface area (Å²) in [6.45, 7) is 6.99. The van der Waals surface area contributed by atoms with Gasteiger partial charge in [0.15, 0.2) is 0 Å². The Bertz CT molecular complexity index is 969. The maximum Gasteiger partial charge on any atom is 0.331 e. The number of nitrogens with zero attached hydrogens (tertiary/aromatic N) is 2. The summed E-state index contributed by atoms with van der Waals surface area (Å²) in [4.78, 5) is 24.6. The van der Waals surface area contributed by atoms with E-state index in [-0.39, 0.29) is 16.7 Å². The summed E-state index contributed by atoms with van der Waals surface area (Å²) in [7, 11) is 1.53. The van der Waals surface area contributed by atoms with E-state index in [4.69, 9.17) is 0 Å². The normalized spacial score (nSPS) is 12.0. The highest BCUT2D eigenvalue weighted by molar-refractivity contribution is 7.17. The molecule has 0 saturated carbocycles. The van der Waals surface area contributed by atoms with Crippen molar-refractivity contribution in [1.82, 2.24) is 9.13 Å². The van der Waals surface area contributed by atoms with E-state index in [1.807, 2.05) is 11.4 Å². The van der Waals surface area contributed by atoms with E-state index in [0.29, 0.717) is 16.8 Å². The van der Waals surface area contributed by atoms with E-state index in [1.54, 1.807) is 4.57 Å². The van der Waals surface area contributed by atoms with Crippen LogP contribution in [0.15, 0.2) is 45.3 Å². The standard InChI is InChI=1S/C18H20N2O2S/c1-18(2,3)13-7-5-12(6-8-13)11-20-14-9-10-23-15(14)16(21)19(4)17(20)22/h5-10H,11H2,1-4H3. The Balaban J connectivity index is 2.07. The molecule has 2 heterocycles. The average Bonchev–Trinajstić information content (AvgIpc) is 2.98. The zero-order valence-corrected chi connectivity index (χ0v) is 14.6. The fourth-order valence-corrected chi connectivity index (χ4v) is 3.51. The third-order valence-corrected chi connectivity index (χ3v) is 5.00. The molecule has 0 saturated heterocycles. The van der Waals surface area contributed by atoms with Crippen LogP contribution in [0.5, 0.6) is 0 Å². The number of hydrogen-bond donors (Lipinski definition) is 0. The first kappa shape index (κ1) is 15.7. The monoisotopic (exact) mass is 328 g/mol. The van der Waals surface area contributed by atoms with E-state index in [0.717, 1.165) is 5.56 Å². The maximum atomic E-state index is 12.5. The van der Waals surface area contributed by atoms with Gasteiger partial charge in [-0.25, -0.2) is 4.79 Å². The largest absolute Gasteiger partial charge is 0.331 e. The molecule has 3 rings (SSSR count). The summed E-state index contributed by atoms with van der Waals surface area (Å²) in [5, 5.41) is 1.85. The molecule has 0 unspecified atom stereocenters. The number of aromatic nitrogens is 2. The SMILES string of the molecule is Cn1c(=O)c2sccc2n(Cc2ccc(C(C)(C)C)cc2)c1=O. The minimum Gasteiger partial charge on any atom is -0.288 e. The van der Waals surface area contributed by atoms with Crippen LogP contribution in [0.1, 0.15) is 31.9 Å². The van der Waals surface area contributed by atoms with E-state index < -0.39 is 0 Å². The highest BCUT2D eigenvalue weighted by Gasteiger charge is 2.14. The van der Waals surface area contributed by atoms with Gasteiger partial charge in [0.25, 0.3) is 5.56 Å². The van der Waals surface area contributed by atoms with E-state index in [9.17, 15) is 9.59 Å². The van der Waals surface area contributed by atoms with Gasteiger partial charge < -0.3 is 0 Å². The van der Waals surface area contributed by atoms with Gasteiger partial charge in [0, 0.05) is 7.05 Å². The molecule has 0 bridgehead atoms. The fourth-order valence-electron chi connectivity index (χ4n) is 2.64. The Morgan fingerprint density at radius 1 is 1.04 bits per heavy atom. The van der Waals surface area contributed by atoms with Gasteiger partial charge in [-0.2, -0.15) is 0 Å². The van der Waals surface area contributed by atoms with Crippen LogP contribution in [0.25, 0.3) is 10.2 Å². The Kier molecular flexibility index (Phi) is 3.76. The van der Waals surface area contributed by atoms with Crippen molar-refractivity contribution < 1.29 is 0 Å². The molecule has 2 aromatic heterocycles. The van der Waals surface area contributed by atoms with Gasteiger partial charge in [0.1, 0.15) is 4.70 Å². The summed E-state index contributed by atoms with van der Waals surface area (Å²) in [5.74, 6) is 0. The smallest absolute Gasteiger partial charge is 0.288 e. The van der Waals surface area contributed by atoms with Crippen LogP contribution < -0.4 is 11.2 Å². The third-order valence-electron chi connectivity index (χ3n) is 4.11. The molecule has 4 nitrogen and oxygen atoms in total. The van der Waals surface area contributed by atoms with E-state index in [1.165, 1.54) is 28.5 Å². The Labute approximate surface area is 138 Å². The van der Waals surface area contributed by atoms with Crippen molar-refractivity contribution >= 4 is 21.6 Å². The van der Waals surface area contributed by atoms with Gasteiger partial charge in [0.05, 0.1) is 12.1 Å². The van der Waals surface area contributed by atoms with Crippen LogP contribution in [0.2, 0.25) is 0 Å². The topological polar surface area (TPSA) is 44.0 Å². The molecule has 0 aliphatic heterocycles. The molecule has 0 amide bonds. The predicted molar refractivity (Wildman–Crippen MR) is 95.6 cm³/mol. The Morgan fingerprint density at radius 2 is 1.70 bits per heavy atom. The zero-order valence-electron chi connectivity index (χ0n) is 13.8. The number of benzene rings is 1. The van der Waals surface area contributed by atoms with Crippen molar-refractivity contribution in [1.29, 1.82) is 0 Å². The lowest BCUT2D eigenvalue weighted by Crippen LogP contribution is -2.37. The molecule has 1 aromatic carbocycles. The highest BCUT2D eigenvalue weighted by atomic mass is 32.1. The molecule has 0 radical (unpaired) electrons.